The topological polar surface area (TPSA) is 35.6 Å². The van der Waals surface area contributed by atoms with E-state index in [9.17, 15) is 4.79 Å². The van der Waals surface area contributed by atoms with Gasteiger partial charge in [-0.15, -0.1) is 0 Å². The van der Waals surface area contributed by atoms with Gasteiger partial charge in [0, 0.05) is 12.6 Å². The predicted octanol–water partition coefficient (Wildman–Crippen LogP) is 2.20. The van der Waals surface area contributed by atoms with Gasteiger partial charge in [0.05, 0.1) is 12.2 Å². The van der Waals surface area contributed by atoms with Gasteiger partial charge < -0.3 is 9.80 Å². The van der Waals surface area contributed by atoms with E-state index in [0.717, 1.165) is 32.2 Å². The minimum atomic E-state index is 0.0564. The van der Waals surface area contributed by atoms with Gasteiger partial charge in [-0.05, 0) is 45.7 Å². The van der Waals surface area contributed by atoms with Crippen molar-refractivity contribution in [2.24, 2.45) is 0 Å². The van der Waals surface area contributed by atoms with Crippen LogP contribution < -0.4 is 5.32 Å². The normalized spacial score (nSPS) is 29.4. The number of rotatable bonds is 7. The zero-order chi connectivity index (χ0) is 14.5. The Hall–Kier alpha value is -0.610. The molecule has 0 aromatic heterocycles. The Morgan fingerprint density at radius 3 is 2.60 bits per heavy atom. The first kappa shape index (κ1) is 15.8. The molecule has 2 saturated heterocycles. The molecule has 0 bridgehead atoms. The van der Waals surface area contributed by atoms with E-state index in [-0.39, 0.29) is 12.2 Å². The van der Waals surface area contributed by atoms with Crippen LogP contribution in [-0.4, -0.2) is 53.6 Å². The largest absolute Gasteiger partial charge is 0.322 e. The molecular formula is C16H31N3O. The monoisotopic (exact) mass is 281 g/mol. The molecule has 0 spiro atoms. The lowest BCUT2D eigenvalue weighted by molar-refractivity contribution is -0.132. The van der Waals surface area contributed by atoms with Gasteiger partial charge in [-0.1, -0.05) is 26.7 Å². The minimum absolute atomic E-state index is 0.0564. The molecule has 2 rings (SSSR count). The number of nitrogens with zero attached hydrogens (tertiary/aromatic N) is 2. The fourth-order valence-corrected chi connectivity index (χ4v) is 3.60. The van der Waals surface area contributed by atoms with Gasteiger partial charge in [0.15, 0.2) is 0 Å². The van der Waals surface area contributed by atoms with Gasteiger partial charge in [-0.2, -0.15) is 0 Å². The van der Waals surface area contributed by atoms with E-state index in [2.05, 4.69) is 35.9 Å². The maximum absolute atomic E-state index is 12.6. The molecule has 1 N–H and O–H groups in total. The number of hydrogen-bond donors (Lipinski definition) is 1. The van der Waals surface area contributed by atoms with Crippen molar-refractivity contribution in [1.82, 2.24) is 15.1 Å². The molecule has 0 aliphatic carbocycles. The average molecular weight is 281 g/mol. The van der Waals surface area contributed by atoms with E-state index in [1.54, 1.807) is 0 Å². The Bertz CT molecular complexity index is 315. The quantitative estimate of drug-likeness (QED) is 0.777. The molecule has 2 heterocycles. The third-order valence-electron chi connectivity index (χ3n) is 4.71. The van der Waals surface area contributed by atoms with E-state index in [4.69, 9.17) is 0 Å². The number of nitrogens with one attached hydrogen (secondary N) is 1. The lowest BCUT2D eigenvalue weighted by Gasteiger charge is -2.32. The summed E-state index contributed by atoms with van der Waals surface area (Å²) in [6, 6.07) is 0.380. The number of hydrogen-bond acceptors (Lipinski definition) is 3. The van der Waals surface area contributed by atoms with E-state index in [0.29, 0.717) is 11.9 Å². The number of amides is 1. The molecule has 2 aliphatic rings. The predicted molar refractivity (Wildman–Crippen MR) is 82.5 cm³/mol. The molecule has 1 amide bonds. The van der Waals surface area contributed by atoms with Gasteiger partial charge in [0.25, 0.3) is 0 Å². The highest BCUT2D eigenvalue weighted by molar-refractivity contribution is 5.84. The zero-order valence-corrected chi connectivity index (χ0v) is 13.4. The second kappa shape index (κ2) is 7.41. The molecule has 0 aromatic rings. The van der Waals surface area contributed by atoms with Gasteiger partial charge in [0.1, 0.15) is 0 Å². The average Bonchev–Trinajstić information content (AvgIpc) is 3.04. The molecule has 4 nitrogen and oxygen atoms in total. The van der Waals surface area contributed by atoms with Gasteiger partial charge >= 0.3 is 0 Å². The van der Waals surface area contributed by atoms with E-state index in [1.165, 1.54) is 25.9 Å². The van der Waals surface area contributed by atoms with Crippen LogP contribution >= 0.6 is 0 Å². The number of likely N-dealkylation sites (tertiary alicyclic amines) is 1. The van der Waals surface area contributed by atoms with Crippen LogP contribution in [0.25, 0.3) is 0 Å². The Labute approximate surface area is 123 Å². The number of carbonyl (C=O) groups is 1. The molecule has 20 heavy (non-hydrogen) atoms. The van der Waals surface area contributed by atoms with Crippen molar-refractivity contribution in [2.45, 2.75) is 77.5 Å². The molecule has 2 aliphatic heterocycles. The molecule has 0 saturated carbocycles. The third kappa shape index (κ3) is 3.53. The van der Waals surface area contributed by atoms with E-state index < -0.39 is 0 Å². The highest BCUT2D eigenvalue weighted by Crippen LogP contribution is 2.21. The second-order valence-electron chi connectivity index (χ2n) is 6.39. The third-order valence-corrected chi connectivity index (χ3v) is 4.71. The van der Waals surface area contributed by atoms with Crippen LogP contribution in [0.2, 0.25) is 0 Å². The standard InChI is InChI=1S/C16H31N3O/c1-4-6-9-14-16(20)19(15(5-2)17-14)13(3)12-18-10-7-8-11-18/h13-15,17H,4-12H2,1-3H3. The van der Waals surface area contributed by atoms with Crippen molar-refractivity contribution >= 4 is 5.91 Å². The smallest absolute Gasteiger partial charge is 0.241 e. The Morgan fingerprint density at radius 1 is 1.30 bits per heavy atom. The van der Waals surface area contributed by atoms with Gasteiger partial charge in [-0.3, -0.25) is 10.1 Å². The Balaban J connectivity index is 1.94. The van der Waals surface area contributed by atoms with Crippen LogP contribution in [0.15, 0.2) is 0 Å². The SMILES string of the molecule is CCCCC1NC(CC)N(C(C)CN2CCCC2)C1=O. The summed E-state index contributed by atoms with van der Waals surface area (Å²) in [6.45, 7) is 10.0. The highest BCUT2D eigenvalue weighted by Gasteiger charge is 2.40. The Kier molecular flexibility index (Phi) is 5.85. The molecule has 3 unspecified atom stereocenters. The maximum atomic E-state index is 12.6. The Morgan fingerprint density at radius 2 is 2.00 bits per heavy atom. The summed E-state index contributed by atoms with van der Waals surface area (Å²) in [5, 5.41) is 3.54. The molecule has 0 aromatic carbocycles. The van der Waals surface area contributed by atoms with Crippen molar-refractivity contribution < 1.29 is 4.79 Å². The lowest BCUT2D eigenvalue weighted by atomic mass is 10.1. The summed E-state index contributed by atoms with van der Waals surface area (Å²) in [4.78, 5) is 17.3. The highest BCUT2D eigenvalue weighted by atomic mass is 16.2. The summed E-state index contributed by atoms with van der Waals surface area (Å²) in [6.07, 6.45) is 7.14. The zero-order valence-electron chi connectivity index (χ0n) is 13.4. The maximum Gasteiger partial charge on any atom is 0.241 e. The molecule has 116 valence electrons. The first-order valence-electron chi connectivity index (χ1n) is 8.48. The molecule has 3 atom stereocenters. The van der Waals surface area contributed by atoms with E-state index in [1.807, 2.05) is 0 Å². The van der Waals surface area contributed by atoms with E-state index >= 15 is 0 Å². The lowest BCUT2D eigenvalue weighted by Crippen LogP contribution is -2.47. The molecular weight excluding hydrogens is 250 g/mol. The van der Waals surface area contributed by atoms with Crippen molar-refractivity contribution in [3.8, 4) is 0 Å². The molecule has 4 heteroatoms. The van der Waals surface area contributed by atoms with Crippen LogP contribution in [0, 0.1) is 0 Å². The second-order valence-corrected chi connectivity index (χ2v) is 6.39. The fourth-order valence-electron chi connectivity index (χ4n) is 3.60. The summed E-state index contributed by atoms with van der Waals surface area (Å²) < 4.78 is 0. The summed E-state index contributed by atoms with van der Waals surface area (Å²) in [5.74, 6) is 0.331. The van der Waals surface area contributed by atoms with Crippen LogP contribution in [0.1, 0.15) is 59.3 Å². The summed E-state index contributed by atoms with van der Waals surface area (Å²) in [5.41, 5.74) is 0. The summed E-state index contributed by atoms with van der Waals surface area (Å²) >= 11 is 0. The molecule has 2 fully saturated rings. The van der Waals surface area contributed by atoms with Crippen molar-refractivity contribution in [2.75, 3.05) is 19.6 Å². The van der Waals surface area contributed by atoms with Gasteiger partial charge in [0.2, 0.25) is 5.91 Å². The number of unbranched alkanes of at least 4 members (excludes halogenated alkanes) is 1. The van der Waals surface area contributed by atoms with Crippen LogP contribution in [0.5, 0.6) is 0 Å². The van der Waals surface area contributed by atoms with Crippen molar-refractivity contribution in [3.63, 3.8) is 0 Å². The van der Waals surface area contributed by atoms with Gasteiger partial charge in [-0.25, -0.2) is 0 Å². The first-order valence-corrected chi connectivity index (χ1v) is 8.48. The van der Waals surface area contributed by atoms with Crippen LogP contribution in [0.3, 0.4) is 0 Å². The van der Waals surface area contributed by atoms with Crippen molar-refractivity contribution in [3.05, 3.63) is 0 Å². The van der Waals surface area contributed by atoms with Crippen LogP contribution in [-0.2, 0) is 4.79 Å². The molecule has 0 radical (unpaired) electrons. The van der Waals surface area contributed by atoms with Crippen LogP contribution in [0.4, 0.5) is 0 Å². The number of carbonyl (C=O) groups excluding carboxylic acids is 1. The first-order chi connectivity index (χ1) is 9.67. The fraction of sp³-hybridized carbons (Fsp3) is 0.938. The van der Waals surface area contributed by atoms with Crippen molar-refractivity contribution in [1.29, 1.82) is 0 Å². The summed E-state index contributed by atoms with van der Waals surface area (Å²) in [7, 11) is 0. The minimum Gasteiger partial charge on any atom is -0.322 e.